The summed E-state index contributed by atoms with van der Waals surface area (Å²) in [5.74, 6) is 0.0783. The SMILES string of the molecule is Cc1c(CN2CCC(NC(C)C)C2=O)cccc1[N+](=O)[O-]. The normalized spacial score (nSPS) is 18.6. The lowest BCUT2D eigenvalue weighted by Crippen LogP contribution is -2.41. The summed E-state index contributed by atoms with van der Waals surface area (Å²) < 4.78 is 0. The topological polar surface area (TPSA) is 75.5 Å². The van der Waals surface area contributed by atoms with Gasteiger partial charge in [0, 0.05) is 30.8 Å². The summed E-state index contributed by atoms with van der Waals surface area (Å²) in [5.41, 5.74) is 1.58. The molecule has 1 atom stereocenters. The highest BCUT2D eigenvalue weighted by Gasteiger charge is 2.32. The number of hydrogen-bond donors (Lipinski definition) is 1. The molecule has 1 heterocycles. The summed E-state index contributed by atoms with van der Waals surface area (Å²) in [6.45, 7) is 6.88. The number of nitrogens with one attached hydrogen (secondary N) is 1. The Hall–Kier alpha value is -1.95. The van der Waals surface area contributed by atoms with Crippen molar-refractivity contribution in [3.63, 3.8) is 0 Å². The van der Waals surface area contributed by atoms with Gasteiger partial charge in [0.15, 0.2) is 0 Å². The van der Waals surface area contributed by atoms with Gasteiger partial charge in [0.05, 0.1) is 11.0 Å². The molecule has 1 fully saturated rings. The standard InChI is InChI=1S/C15H21N3O3/c1-10(2)16-13-7-8-17(15(13)19)9-12-5-4-6-14(11(12)3)18(20)21/h4-6,10,13,16H,7-9H2,1-3H3. The molecule has 0 bridgehead atoms. The van der Waals surface area contributed by atoms with Gasteiger partial charge >= 0.3 is 0 Å². The maximum atomic E-state index is 12.3. The molecule has 1 aromatic rings. The van der Waals surface area contributed by atoms with Crippen LogP contribution in [0.2, 0.25) is 0 Å². The molecule has 114 valence electrons. The van der Waals surface area contributed by atoms with Crippen molar-refractivity contribution in [1.29, 1.82) is 0 Å². The van der Waals surface area contributed by atoms with E-state index in [4.69, 9.17) is 0 Å². The number of hydrogen-bond acceptors (Lipinski definition) is 4. The monoisotopic (exact) mass is 291 g/mol. The summed E-state index contributed by atoms with van der Waals surface area (Å²) >= 11 is 0. The van der Waals surface area contributed by atoms with Gasteiger partial charge in [-0.3, -0.25) is 14.9 Å². The third-order valence-electron chi connectivity index (χ3n) is 3.81. The fourth-order valence-corrected chi connectivity index (χ4v) is 2.70. The summed E-state index contributed by atoms with van der Waals surface area (Å²) in [4.78, 5) is 24.7. The van der Waals surface area contributed by atoms with Gasteiger partial charge in [-0.2, -0.15) is 0 Å². The van der Waals surface area contributed by atoms with Gasteiger partial charge in [0.1, 0.15) is 0 Å². The highest BCUT2D eigenvalue weighted by Crippen LogP contribution is 2.24. The Bertz CT molecular complexity index is 557. The molecule has 1 aromatic carbocycles. The molecule has 6 heteroatoms. The highest BCUT2D eigenvalue weighted by molar-refractivity contribution is 5.84. The first-order valence-corrected chi connectivity index (χ1v) is 7.18. The molecule has 1 unspecified atom stereocenters. The third kappa shape index (κ3) is 3.39. The summed E-state index contributed by atoms with van der Waals surface area (Å²) in [7, 11) is 0. The average molecular weight is 291 g/mol. The molecule has 1 amide bonds. The Morgan fingerprint density at radius 2 is 2.19 bits per heavy atom. The van der Waals surface area contributed by atoms with Crippen LogP contribution in [0.1, 0.15) is 31.4 Å². The van der Waals surface area contributed by atoms with Crippen molar-refractivity contribution in [2.75, 3.05) is 6.54 Å². The molecular formula is C15H21N3O3. The number of nitro benzene ring substituents is 1. The number of carbonyl (C=O) groups is 1. The predicted molar refractivity (Wildman–Crippen MR) is 79.9 cm³/mol. The van der Waals surface area contributed by atoms with E-state index in [1.165, 1.54) is 6.07 Å². The van der Waals surface area contributed by atoms with E-state index in [9.17, 15) is 14.9 Å². The number of amides is 1. The van der Waals surface area contributed by atoms with Crippen molar-refractivity contribution < 1.29 is 9.72 Å². The van der Waals surface area contributed by atoms with E-state index in [1.807, 2.05) is 19.9 Å². The molecular weight excluding hydrogens is 270 g/mol. The quantitative estimate of drug-likeness (QED) is 0.665. The zero-order valence-electron chi connectivity index (χ0n) is 12.6. The Labute approximate surface area is 124 Å². The van der Waals surface area contributed by atoms with Gasteiger partial charge in [-0.05, 0) is 18.9 Å². The number of carbonyl (C=O) groups excluding carboxylic acids is 1. The molecule has 0 saturated carbocycles. The van der Waals surface area contributed by atoms with Crippen LogP contribution in [-0.4, -0.2) is 34.4 Å². The van der Waals surface area contributed by atoms with Gasteiger partial charge < -0.3 is 10.2 Å². The van der Waals surface area contributed by atoms with Crippen molar-refractivity contribution in [3.05, 3.63) is 39.4 Å². The number of likely N-dealkylation sites (tertiary alicyclic amines) is 1. The maximum Gasteiger partial charge on any atom is 0.272 e. The van der Waals surface area contributed by atoms with Crippen LogP contribution >= 0.6 is 0 Å². The minimum Gasteiger partial charge on any atom is -0.337 e. The minimum absolute atomic E-state index is 0.0783. The summed E-state index contributed by atoms with van der Waals surface area (Å²) in [6, 6.07) is 5.14. The van der Waals surface area contributed by atoms with Gasteiger partial charge in [-0.1, -0.05) is 26.0 Å². The molecule has 0 spiro atoms. The number of rotatable bonds is 5. The van der Waals surface area contributed by atoms with E-state index in [0.717, 1.165) is 12.0 Å². The van der Waals surface area contributed by atoms with E-state index in [-0.39, 0.29) is 28.6 Å². The Kier molecular flexibility index (Phi) is 4.57. The third-order valence-corrected chi connectivity index (χ3v) is 3.81. The molecule has 0 radical (unpaired) electrons. The van der Waals surface area contributed by atoms with Crippen LogP contribution in [0.4, 0.5) is 5.69 Å². The van der Waals surface area contributed by atoms with Crippen molar-refractivity contribution in [2.45, 2.75) is 45.8 Å². The first-order valence-electron chi connectivity index (χ1n) is 7.18. The number of benzene rings is 1. The van der Waals surface area contributed by atoms with E-state index in [0.29, 0.717) is 18.7 Å². The van der Waals surface area contributed by atoms with E-state index >= 15 is 0 Å². The summed E-state index contributed by atoms with van der Waals surface area (Å²) in [6.07, 6.45) is 0.783. The molecule has 1 saturated heterocycles. The van der Waals surface area contributed by atoms with Crippen LogP contribution in [0.5, 0.6) is 0 Å². The molecule has 1 N–H and O–H groups in total. The Morgan fingerprint density at radius 1 is 1.48 bits per heavy atom. The van der Waals surface area contributed by atoms with E-state index < -0.39 is 0 Å². The Balaban J connectivity index is 2.11. The average Bonchev–Trinajstić information content (AvgIpc) is 2.73. The van der Waals surface area contributed by atoms with Gasteiger partial charge in [-0.25, -0.2) is 0 Å². The molecule has 2 rings (SSSR count). The lowest BCUT2D eigenvalue weighted by Gasteiger charge is -2.19. The zero-order chi connectivity index (χ0) is 15.6. The van der Waals surface area contributed by atoms with Crippen molar-refractivity contribution >= 4 is 11.6 Å². The molecule has 0 aromatic heterocycles. The molecule has 0 aliphatic carbocycles. The van der Waals surface area contributed by atoms with Crippen LogP contribution in [0.15, 0.2) is 18.2 Å². The van der Waals surface area contributed by atoms with Crippen molar-refractivity contribution in [3.8, 4) is 0 Å². The van der Waals surface area contributed by atoms with E-state index in [1.54, 1.807) is 17.9 Å². The lowest BCUT2D eigenvalue weighted by atomic mass is 10.1. The largest absolute Gasteiger partial charge is 0.337 e. The number of nitro groups is 1. The predicted octanol–water partition coefficient (Wildman–Crippen LogP) is 2.00. The van der Waals surface area contributed by atoms with Gasteiger partial charge in [0.25, 0.3) is 5.69 Å². The van der Waals surface area contributed by atoms with Crippen LogP contribution < -0.4 is 5.32 Å². The van der Waals surface area contributed by atoms with Crippen LogP contribution in [-0.2, 0) is 11.3 Å². The first-order chi connectivity index (χ1) is 9.90. The molecule has 6 nitrogen and oxygen atoms in total. The lowest BCUT2D eigenvalue weighted by molar-refractivity contribution is -0.385. The molecule has 1 aliphatic heterocycles. The second kappa shape index (κ2) is 6.22. The fraction of sp³-hybridized carbons (Fsp3) is 0.533. The second-order valence-electron chi connectivity index (χ2n) is 5.74. The second-order valence-corrected chi connectivity index (χ2v) is 5.74. The minimum atomic E-state index is -0.381. The maximum absolute atomic E-state index is 12.3. The van der Waals surface area contributed by atoms with Gasteiger partial charge in [-0.15, -0.1) is 0 Å². The highest BCUT2D eigenvalue weighted by atomic mass is 16.6. The number of nitrogens with zero attached hydrogens (tertiary/aromatic N) is 2. The molecule has 1 aliphatic rings. The summed E-state index contributed by atoms with van der Waals surface area (Å²) in [5, 5.41) is 14.2. The van der Waals surface area contributed by atoms with E-state index in [2.05, 4.69) is 5.32 Å². The van der Waals surface area contributed by atoms with Crippen molar-refractivity contribution in [1.82, 2.24) is 10.2 Å². The molecule has 21 heavy (non-hydrogen) atoms. The Morgan fingerprint density at radius 3 is 2.81 bits per heavy atom. The zero-order valence-corrected chi connectivity index (χ0v) is 12.6. The van der Waals surface area contributed by atoms with Crippen LogP contribution in [0.25, 0.3) is 0 Å². The first kappa shape index (κ1) is 15.4. The van der Waals surface area contributed by atoms with Gasteiger partial charge in [0.2, 0.25) is 5.91 Å². The van der Waals surface area contributed by atoms with Crippen LogP contribution in [0.3, 0.4) is 0 Å². The smallest absolute Gasteiger partial charge is 0.272 e. The fourth-order valence-electron chi connectivity index (χ4n) is 2.70. The van der Waals surface area contributed by atoms with Crippen LogP contribution in [0, 0.1) is 17.0 Å². The van der Waals surface area contributed by atoms with Crippen molar-refractivity contribution in [2.24, 2.45) is 0 Å².